The first kappa shape index (κ1) is 15.5. The SMILES string of the molecule is CCCN1CCC2=NNC(c3ccc(C(C)(C)C)cc3)C2C1. The summed E-state index contributed by atoms with van der Waals surface area (Å²) < 4.78 is 0. The third kappa shape index (κ3) is 3.05. The second kappa shape index (κ2) is 6.04. The average Bonchev–Trinajstić information content (AvgIpc) is 2.90. The molecular formula is C19H29N3. The lowest BCUT2D eigenvalue weighted by Gasteiger charge is -2.33. The molecule has 0 aliphatic carbocycles. The van der Waals surface area contributed by atoms with Crippen LogP contribution in [0.25, 0.3) is 0 Å². The first-order chi connectivity index (χ1) is 10.5. The first-order valence-electron chi connectivity index (χ1n) is 8.64. The molecule has 2 unspecified atom stereocenters. The van der Waals surface area contributed by atoms with Crippen LogP contribution in [-0.4, -0.2) is 30.2 Å². The van der Waals surface area contributed by atoms with E-state index in [0.29, 0.717) is 12.0 Å². The van der Waals surface area contributed by atoms with Gasteiger partial charge < -0.3 is 10.3 Å². The Hall–Kier alpha value is -1.35. The number of likely N-dealkylation sites (tertiary alicyclic amines) is 1. The fraction of sp³-hybridized carbons (Fsp3) is 0.632. The molecule has 2 atom stereocenters. The summed E-state index contributed by atoms with van der Waals surface area (Å²) in [6, 6.07) is 9.48. The maximum absolute atomic E-state index is 4.62. The molecule has 3 nitrogen and oxygen atoms in total. The number of rotatable bonds is 3. The Labute approximate surface area is 134 Å². The summed E-state index contributed by atoms with van der Waals surface area (Å²) >= 11 is 0. The zero-order valence-corrected chi connectivity index (χ0v) is 14.4. The number of hydrazone groups is 1. The highest BCUT2D eigenvalue weighted by atomic mass is 15.4. The third-order valence-electron chi connectivity index (χ3n) is 4.99. The van der Waals surface area contributed by atoms with Crippen LogP contribution in [-0.2, 0) is 5.41 Å². The molecule has 1 fully saturated rings. The van der Waals surface area contributed by atoms with Gasteiger partial charge in [0.05, 0.1) is 6.04 Å². The van der Waals surface area contributed by atoms with E-state index in [4.69, 9.17) is 0 Å². The minimum absolute atomic E-state index is 0.214. The number of nitrogens with zero attached hydrogens (tertiary/aromatic N) is 2. The largest absolute Gasteiger partial charge is 0.302 e. The van der Waals surface area contributed by atoms with Crippen molar-refractivity contribution in [1.82, 2.24) is 10.3 Å². The molecule has 22 heavy (non-hydrogen) atoms. The molecule has 2 heterocycles. The maximum Gasteiger partial charge on any atom is 0.0782 e. The standard InChI is InChI=1S/C19H29N3/c1-5-11-22-12-10-17-16(13-22)18(21-20-17)14-6-8-15(9-7-14)19(2,3)4/h6-9,16,18,21H,5,10-13H2,1-4H3. The third-order valence-corrected chi connectivity index (χ3v) is 4.99. The van der Waals surface area contributed by atoms with Crippen LogP contribution in [0.1, 0.15) is 57.7 Å². The lowest BCUT2D eigenvalue weighted by molar-refractivity contribution is 0.228. The number of benzene rings is 1. The maximum atomic E-state index is 4.62. The van der Waals surface area contributed by atoms with E-state index < -0.39 is 0 Å². The minimum Gasteiger partial charge on any atom is -0.302 e. The van der Waals surface area contributed by atoms with Gasteiger partial charge in [-0.3, -0.25) is 0 Å². The van der Waals surface area contributed by atoms with Crippen molar-refractivity contribution in [1.29, 1.82) is 0 Å². The monoisotopic (exact) mass is 299 g/mol. The van der Waals surface area contributed by atoms with Crippen LogP contribution in [0.2, 0.25) is 0 Å². The normalized spacial score (nSPS) is 25.5. The lowest BCUT2D eigenvalue weighted by Crippen LogP contribution is -2.42. The van der Waals surface area contributed by atoms with Crippen molar-refractivity contribution in [2.24, 2.45) is 11.0 Å². The van der Waals surface area contributed by atoms with Crippen molar-refractivity contribution >= 4 is 5.71 Å². The highest BCUT2D eigenvalue weighted by molar-refractivity contribution is 5.89. The van der Waals surface area contributed by atoms with Crippen LogP contribution < -0.4 is 5.43 Å². The molecule has 1 N–H and O–H groups in total. The van der Waals surface area contributed by atoms with Crippen molar-refractivity contribution in [3.05, 3.63) is 35.4 Å². The molecule has 2 aliphatic rings. The van der Waals surface area contributed by atoms with Gasteiger partial charge in [0.15, 0.2) is 0 Å². The van der Waals surface area contributed by atoms with Gasteiger partial charge in [0.1, 0.15) is 0 Å². The van der Waals surface area contributed by atoms with Crippen molar-refractivity contribution in [3.63, 3.8) is 0 Å². The van der Waals surface area contributed by atoms with Gasteiger partial charge in [-0.15, -0.1) is 0 Å². The zero-order valence-electron chi connectivity index (χ0n) is 14.4. The quantitative estimate of drug-likeness (QED) is 0.921. The van der Waals surface area contributed by atoms with E-state index in [2.05, 4.69) is 67.4 Å². The minimum atomic E-state index is 0.214. The van der Waals surface area contributed by atoms with Gasteiger partial charge in [0.2, 0.25) is 0 Å². The second-order valence-corrected chi connectivity index (χ2v) is 7.74. The van der Waals surface area contributed by atoms with Crippen molar-refractivity contribution in [2.45, 2.75) is 52.0 Å². The van der Waals surface area contributed by atoms with Gasteiger partial charge in [-0.2, -0.15) is 5.10 Å². The Balaban J connectivity index is 1.75. The number of hydrogen-bond acceptors (Lipinski definition) is 3. The molecule has 0 saturated carbocycles. The van der Waals surface area contributed by atoms with Crippen LogP contribution in [0.15, 0.2) is 29.4 Å². The van der Waals surface area contributed by atoms with Gasteiger partial charge in [-0.1, -0.05) is 52.0 Å². The summed E-state index contributed by atoms with van der Waals surface area (Å²) in [4.78, 5) is 2.59. The highest BCUT2D eigenvalue weighted by Crippen LogP contribution is 2.33. The zero-order chi connectivity index (χ0) is 15.7. The topological polar surface area (TPSA) is 27.6 Å². The fourth-order valence-electron chi connectivity index (χ4n) is 3.63. The lowest BCUT2D eigenvalue weighted by atomic mass is 9.83. The van der Waals surface area contributed by atoms with Crippen LogP contribution >= 0.6 is 0 Å². The van der Waals surface area contributed by atoms with Crippen LogP contribution in [0.4, 0.5) is 0 Å². The average molecular weight is 299 g/mol. The van der Waals surface area contributed by atoms with E-state index in [1.807, 2.05) is 0 Å². The molecule has 2 aliphatic heterocycles. The van der Waals surface area contributed by atoms with Crippen molar-refractivity contribution < 1.29 is 0 Å². The molecule has 0 aromatic heterocycles. The first-order valence-corrected chi connectivity index (χ1v) is 8.64. The van der Waals surface area contributed by atoms with Gasteiger partial charge in [0.25, 0.3) is 0 Å². The summed E-state index contributed by atoms with van der Waals surface area (Å²) in [6.45, 7) is 12.6. The van der Waals surface area contributed by atoms with Crippen LogP contribution in [0.5, 0.6) is 0 Å². The predicted molar refractivity (Wildman–Crippen MR) is 93.3 cm³/mol. The number of nitrogens with one attached hydrogen (secondary N) is 1. The molecule has 0 radical (unpaired) electrons. The molecular weight excluding hydrogens is 270 g/mol. The molecule has 1 aromatic rings. The predicted octanol–water partition coefficient (Wildman–Crippen LogP) is 3.72. The molecule has 1 aromatic carbocycles. The summed E-state index contributed by atoms with van der Waals surface area (Å²) in [5, 5.41) is 4.62. The second-order valence-electron chi connectivity index (χ2n) is 7.74. The van der Waals surface area contributed by atoms with Crippen molar-refractivity contribution in [3.8, 4) is 0 Å². The Morgan fingerprint density at radius 3 is 2.59 bits per heavy atom. The Morgan fingerprint density at radius 1 is 1.23 bits per heavy atom. The molecule has 0 amide bonds. The van der Waals surface area contributed by atoms with E-state index in [1.165, 1.54) is 36.3 Å². The van der Waals surface area contributed by atoms with Crippen LogP contribution in [0, 0.1) is 5.92 Å². The molecule has 120 valence electrons. The number of fused-ring (bicyclic) bond motifs is 1. The molecule has 0 spiro atoms. The van der Waals surface area contributed by atoms with Gasteiger partial charge in [0, 0.05) is 31.1 Å². The van der Waals surface area contributed by atoms with E-state index in [0.717, 1.165) is 13.0 Å². The van der Waals surface area contributed by atoms with Gasteiger partial charge in [-0.05, 0) is 29.5 Å². The molecule has 3 rings (SSSR count). The molecule has 3 heteroatoms. The molecule has 1 saturated heterocycles. The van der Waals surface area contributed by atoms with E-state index in [1.54, 1.807) is 0 Å². The van der Waals surface area contributed by atoms with Crippen LogP contribution in [0.3, 0.4) is 0 Å². The number of hydrogen-bond donors (Lipinski definition) is 1. The summed E-state index contributed by atoms with van der Waals surface area (Å²) in [6.07, 6.45) is 2.35. The van der Waals surface area contributed by atoms with Crippen molar-refractivity contribution in [2.75, 3.05) is 19.6 Å². The van der Waals surface area contributed by atoms with E-state index >= 15 is 0 Å². The fourth-order valence-corrected chi connectivity index (χ4v) is 3.63. The Kier molecular flexibility index (Phi) is 4.26. The summed E-state index contributed by atoms with van der Waals surface area (Å²) in [5.41, 5.74) is 7.75. The van der Waals surface area contributed by atoms with Gasteiger partial charge >= 0.3 is 0 Å². The summed E-state index contributed by atoms with van der Waals surface area (Å²) in [7, 11) is 0. The van der Waals surface area contributed by atoms with E-state index in [-0.39, 0.29) is 5.41 Å². The smallest absolute Gasteiger partial charge is 0.0782 e. The number of piperidine rings is 1. The highest BCUT2D eigenvalue weighted by Gasteiger charge is 2.36. The van der Waals surface area contributed by atoms with E-state index in [9.17, 15) is 0 Å². The molecule has 0 bridgehead atoms. The Bertz CT molecular complexity index is 539. The van der Waals surface area contributed by atoms with Gasteiger partial charge in [-0.25, -0.2) is 0 Å². The Morgan fingerprint density at radius 2 is 1.95 bits per heavy atom. The summed E-state index contributed by atoms with van der Waals surface area (Å²) in [5.74, 6) is 0.542.